The maximum absolute atomic E-state index is 13.2. The Morgan fingerprint density at radius 1 is 1.24 bits per heavy atom. The number of hydrogen-bond donors (Lipinski definition) is 0. The van der Waals surface area contributed by atoms with Crippen LogP contribution in [0.3, 0.4) is 0 Å². The molecule has 0 saturated carbocycles. The van der Waals surface area contributed by atoms with E-state index in [-0.39, 0.29) is 23.0 Å². The first kappa shape index (κ1) is 19.6. The third-order valence-corrected chi connectivity index (χ3v) is 6.89. The van der Waals surface area contributed by atoms with Gasteiger partial charge in [-0.05, 0) is 50.1 Å². The molecule has 1 fully saturated rings. The number of esters is 1. The molecule has 0 aliphatic carbocycles. The van der Waals surface area contributed by atoms with E-state index >= 15 is 0 Å². The highest BCUT2D eigenvalue weighted by molar-refractivity contribution is 7.89. The number of ether oxygens (including phenoxy) is 1. The van der Waals surface area contributed by atoms with Crippen LogP contribution >= 0.6 is 0 Å². The molecule has 0 amide bonds. The van der Waals surface area contributed by atoms with Crippen molar-refractivity contribution in [2.75, 3.05) is 19.7 Å². The van der Waals surface area contributed by atoms with E-state index in [0.717, 1.165) is 11.9 Å². The van der Waals surface area contributed by atoms with Gasteiger partial charge in [0.05, 0.1) is 17.1 Å². The molecule has 0 bridgehead atoms. The Labute approximate surface area is 169 Å². The summed E-state index contributed by atoms with van der Waals surface area (Å²) in [6.07, 6.45) is 1.52. The summed E-state index contributed by atoms with van der Waals surface area (Å²) in [5.74, 6) is -0.0851. The maximum atomic E-state index is 13.2. The largest absolute Gasteiger partial charge is 0.462 e. The number of carbonyl (C=O) groups excluding carboxylic acids is 1. The lowest BCUT2D eigenvalue weighted by atomic mass is 10.00. The molecule has 4 rings (SSSR count). The average molecular weight is 414 g/mol. The first-order valence-corrected chi connectivity index (χ1v) is 11.1. The van der Waals surface area contributed by atoms with Crippen molar-refractivity contribution in [3.05, 3.63) is 60.0 Å². The number of sulfonamides is 1. The van der Waals surface area contributed by atoms with Crippen molar-refractivity contribution in [1.29, 1.82) is 0 Å². The first-order chi connectivity index (χ1) is 14.0. The number of benzene rings is 2. The molecule has 2 heterocycles. The third kappa shape index (κ3) is 3.90. The van der Waals surface area contributed by atoms with Crippen molar-refractivity contribution in [2.45, 2.75) is 30.6 Å². The second kappa shape index (κ2) is 7.96. The van der Waals surface area contributed by atoms with E-state index in [1.54, 1.807) is 19.1 Å². The van der Waals surface area contributed by atoms with Crippen LogP contribution in [0, 0.1) is 0 Å². The number of piperidine rings is 1. The molecule has 1 atom stereocenters. The van der Waals surface area contributed by atoms with Gasteiger partial charge >= 0.3 is 5.97 Å². The van der Waals surface area contributed by atoms with Gasteiger partial charge < -0.3 is 9.15 Å². The van der Waals surface area contributed by atoms with Crippen molar-refractivity contribution >= 4 is 27.1 Å². The molecule has 1 aromatic heterocycles. The van der Waals surface area contributed by atoms with Crippen molar-refractivity contribution in [3.8, 4) is 0 Å². The quantitative estimate of drug-likeness (QED) is 0.593. The van der Waals surface area contributed by atoms with Gasteiger partial charge in [-0.3, -0.25) is 0 Å². The Balaban J connectivity index is 1.58. The number of para-hydroxylation sites is 2. The van der Waals surface area contributed by atoms with Crippen molar-refractivity contribution < 1.29 is 22.4 Å². The maximum Gasteiger partial charge on any atom is 0.338 e. The molecular weight excluding hydrogens is 392 g/mol. The summed E-state index contributed by atoms with van der Waals surface area (Å²) >= 11 is 0. The minimum atomic E-state index is -3.75. The van der Waals surface area contributed by atoms with E-state index < -0.39 is 16.0 Å². The summed E-state index contributed by atoms with van der Waals surface area (Å²) in [6.45, 7) is 2.65. The first-order valence-electron chi connectivity index (χ1n) is 9.62. The summed E-state index contributed by atoms with van der Waals surface area (Å²) in [4.78, 5) is 16.6. The number of hydrogen-bond acceptors (Lipinski definition) is 6. The molecule has 2 aromatic carbocycles. The molecule has 1 saturated heterocycles. The van der Waals surface area contributed by atoms with Gasteiger partial charge in [0.2, 0.25) is 10.0 Å². The molecule has 7 nitrogen and oxygen atoms in total. The smallest absolute Gasteiger partial charge is 0.338 e. The minimum absolute atomic E-state index is 0.0845. The highest BCUT2D eigenvalue weighted by atomic mass is 32.2. The molecule has 1 unspecified atom stereocenters. The molecule has 3 aromatic rings. The number of oxazole rings is 1. The average Bonchev–Trinajstić information content (AvgIpc) is 3.18. The van der Waals surface area contributed by atoms with Gasteiger partial charge in [-0.15, -0.1) is 0 Å². The zero-order chi connectivity index (χ0) is 20.4. The Bertz CT molecular complexity index is 1110. The zero-order valence-electron chi connectivity index (χ0n) is 16.1. The van der Waals surface area contributed by atoms with E-state index in [2.05, 4.69) is 4.98 Å². The normalized spacial score (nSPS) is 18.0. The van der Waals surface area contributed by atoms with Gasteiger partial charge in [-0.25, -0.2) is 18.2 Å². The number of nitrogens with zero attached hydrogens (tertiary/aromatic N) is 2. The number of fused-ring (bicyclic) bond motifs is 1. The third-order valence-electron chi connectivity index (χ3n) is 5.03. The van der Waals surface area contributed by atoms with Crippen LogP contribution < -0.4 is 0 Å². The van der Waals surface area contributed by atoms with E-state index in [1.807, 2.05) is 24.3 Å². The lowest BCUT2D eigenvalue weighted by Gasteiger charge is -2.30. The Hall–Kier alpha value is -2.71. The van der Waals surface area contributed by atoms with E-state index in [4.69, 9.17) is 9.15 Å². The van der Waals surface area contributed by atoms with Gasteiger partial charge in [0.15, 0.2) is 11.5 Å². The van der Waals surface area contributed by atoms with Crippen LogP contribution in [0.15, 0.2) is 57.8 Å². The predicted molar refractivity (Wildman–Crippen MR) is 107 cm³/mol. The SMILES string of the molecule is CCOC(=O)c1cccc(S(=O)(=O)N2CCCC(c3nc4ccccc4o3)C2)c1. The standard InChI is InChI=1S/C21H22N2O5S/c1-2-27-21(24)15-7-5-9-17(13-15)29(25,26)23-12-6-8-16(14-23)20-22-18-10-3-4-11-19(18)28-20/h3-5,7,9-11,13,16H,2,6,8,12,14H2,1H3. The fourth-order valence-electron chi connectivity index (χ4n) is 3.57. The van der Waals surface area contributed by atoms with Gasteiger partial charge in [0.1, 0.15) is 5.52 Å². The summed E-state index contributed by atoms with van der Waals surface area (Å²) in [5, 5.41) is 0. The Kier molecular flexibility index (Phi) is 5.38. The van der Waals surface area contributed by atoms with Crippen LogP contribution in [0.5, 0.6) is 0 Å². The lowest BCUT2D eigenvalue weighted by molar-refractivity contribution is 0.0526. The summed E-state index contributed by atoms with van der Waals surface area (Å²) in [5.41, 5.74) is 1.69. The highest BCUT2D eigenvalue weighted by Crippen LogP contribution is 2.31. The Morgan fingerprint density at radius 3 is 2.86 bits per heavy atom. The van der Waals surface area contributed by atoms with Gasteiger partial charge in [-0.1, -0.05) is 18.2 Å². The highest BCUT2D eigenvalue weighted by Gasteiger charge is 2.33. The lowest BCUT2D eigenvalue weighted by Crippen LogP contribution is -2.39. The van der Waals surface area contributed by atoms with Crippen molar-refractivity contribution in [3.63, 3.8) is 0 Å². The number of carbonyl (C=O) groups is 1. The minimum Gasteiger partial charge on any atom is -0.462 e. The predicted octanol–water partition coefficient (Wildman–Crippen LogP) is 3.57. The Morgan fingerprint density at radius 2 is 2.07 bits per heavy atom. The van der Waals surface area contributed by atoms with E-state index in [0.29, 0.717) is 31.0 Å². The van der Waals surface area contributed by atoms with Gasteiger partial charge in [0, 0.05) is 19.0 Å². The monoisotopic (exact) mass is 414 g/mol. The molecule has 0 radical (unpaired) electrons. The molecule has 1 aliphatic heterocycles. The van der Waals surface area contributed by atoms with Crippen LogP contribution in [-0.4, -0.2) is 43.4 Å². The summed E-state index contributed by atoms with van der Waals surface area (Å²) < 4.78 is 38.7. The molecule has 152 valence electrons. The van der Waals surface area contributed by atoms with Crippen LogP contribution in [0.2, 0.25) is 0 Å². The van der Waals surface area contributed by atoms with E-state index in [9.17, 15) is 13.2 Å². The fraction of sp³-hybridized carbons (Fsp3) is 0.333. The number of rotatable bonds is 5. The molecule has 0 N–H and O–H groups in total. The summed E-state index contributed by atoms with van der Waals surface area (Å²) in [6, 6.07) is 13.5. The molecular formula is C21H22N2O5S. The van der Waals surface area contributed by atoms with Crippen molar-refractivity contribution in [2.24, 2.45) is 0 Å². The van der Waals surface area contributed by atoms with Crippen LogP contribution in [0.4, 0.5) is 0 Å². The molecule has 1 aliphatic rings. The van der Waals surface area contributed by atoms with Gasteiger partial charge in [0.25, 0.3) is 0 Å². The van der Waals surface area contributed by atoms with Crippen LogP contribution in [0.1, 0.15) is 41.9 Å². The van der Waals surface area contributed by atoms with E-state index in [1.165, 1.54) is 16.4 Å². The molecule has 8 heteroatoms. The second-order valence-corrected chi connectivity index (χ2v) is 8.91. The topological polar surface area (TPSA) is 89.7 Å². The molecule has 0 spiro atoms. The number of aromatic nitrogens is 1. The molecule has 29 heavy (non-hydrogen) atoms. The van der Waals surface area contributed by atoms with Crippen LogP contribution in [-0.2, 0) is 14.8 Å². The summed E-state index contributed by atoms with van der Waals surface area (Å²) in [7, 11) is -3.75. The van der Waals surface area contributed by atoms with Crippen LogP contribution in [0.25, 0.3) is 11.1 Å². The van der Waals surface area contributed by atoms with Crippen molar-refractivity contribution in [1.82, 2.24) is 9.29 Å². The fourth-order valence-corrected chi connectivity index (χ4v) is 5.14. The van der Waals surface area contributed by atoms with Gasteiger partial charge in [-0.2, -0.15) is 4.31 Å². The zero-order valence-corrected chi connectivity index (χ0v) is 16.9. The second-order valence-electron chi connectivity index (χ2n) is 6.97.